The second kappa shape index (κ2) is 8.89. The van der Waals surface area contributed by atoms with Gasteiger partial charge in [0.25, 0.3) is 0 Å². The van der Waals surface area contributed by atoms with Crippen LogP contribution in [0.25, 0.3) is 0 Å². The Bertz CT molecular complexity index is 207. The Labute approximate surface area is 112 Å². The summed E-state index contributed by atoms with van der Waals surface area (Å²) < 4.78 is 5.82. The summed E-state index contributed by atoms with van der Waals surface area (Å²) in [5, 5.41) is 13.3. The normalized spacial score (nSPS) is 26.5. The van der Waals surface area contributed by atoms with Gasteiger partial charge < -0.3 is 15.2 Å². The maximum atomic E-state index is 9.90. The smallest absolute Gasteiger partial charge is 0.0897 e. The average molecular weight is 257 g/mol. The number of nitrogens with one attached hydrogen (secondary N) is 1. The molecule has 3 nitrogen and oxygen atoms in total. The molecule has 108 valence electrons. The van der Waals surface area contributed by atoms with Crippen LogP contribution in [0.1, 0.15) is 59.3 Å². The van der Waals surface area contributed by atoms with Gasteiger partial charge >= 0.3 is 0 Å². The second-order valence-corrected chi connectivity index (χ2v) is 5.80. The van der Waals surface area contributed by atoms with Crippen LogP contribution in [0.2, 0.25) is 0 Å². The Morgan fingerprint density at radius 2 is 2.00 bits per heavy atom. The van der Waals surface area contributed by atoms with E-state index in [9.17, 15) is 5.11 Å². The molecule has 2 N–H and O–H groups in total. The van der Waals surface area contributed by atoms with E-state index in [4.69, 9.17) is 4.74 Å². The number of rotatable bonds is 8. The van der Waals surface area contributed by atoms with Crippen LogP contribution in [0, 0.1) is 5.92 Å². The number of hydrogen-bond acceptors (Lipinski definition) is 3. The minimum atomic E-state index is -0.372. The van der Waals surface area contributed by atoms with Crippen LogP contribution in [-0.4, -0.2) is 36.5 Å². The second-order valence-electron chi connectivity index (χ2n) is 5.80. The molecule has 0 aliphatic heterocycles. The van der Waals surface area contributed by atoms with Crippen LogP contribution in [0.5, 0.6) is 0 Å². The fraction of sp³-hybridized carbons (Fsp3) is 1.00. The third-order valence-corrected chi connectivity index (χ3v) is 4.04. The van der Waals surface area contributed by atoms with Gasteiger partial charge in [0.2, 0.25) is 0 Å². The molecule has 3 heteroatoms. The molecule has 18 heavy (non-hydrogen) atoms. The van der Waals surface area contributed by atoms with E-state index >= 15 is 0 Å². The van der Waals surface area contributed by atoms with Crippen LogP contribution in [0.4, 0.5) is 0 Å². The van der Waals surface area contributed by atoms with Crippen molar-refractivity contribution >= 4 is 0 Å². The maximum absolute atomic E-state index is 9.90. The summed E-state index contributed by atoms with van der Waals surface area (Å²) in [4.78, 5) is 0. The third kappa shape index (κ3) is 6.17. The molecule has 1 saturated carbocycles. The topological polar surface area (TPSA) is 41.5 Å². The van der Waals surface area contributed by atoms with Crippen molar-refractivity contribution in [2.45, 2.75) is 77.5 Å². The van der Waals surface area contributed by atoms with Crippen molar-refractivity contribution in [3.63, 3.8) is 0 Å². The summed E-state index contributed by atoms with van der Waals surface area (Å²) in [5.74, 6) is 0.781. The molecule has 0 saturated heterocycles. The number of aliphatic hydroxyl groups excluding tert-OH is 1. The van der Waals surface area contributed by atoms with Crippen LogP contribution < -0.4 is 5.32 Å². The van der Waals surface area contributed by atoms with Gasteiger partial charge in [-0.1, -0.05) is 33.6 Å². The first-order valence-electron chi connectivity index (χ1n) is 7.68. The molecule has 3 unspecified atom stereocenters. The fourth-order valence-electron chi connectivity index (χ4n) is 2.72. The van der Waals surface area contributed by atoms with E-state index in [1.54, 1.807) is 0 Å². The molecule has 0 aromatic carbocycles. The highest BCUT2D eigenvalue weighted by Crippen LogP contribution is 2.25. The van der Waals surface area contributed by atoms with E-state index in [2.05, 4.69) is 26.1 Å². The lowest BCUT2D eigenvalue weighted by Gasteiger charge is -2.28. The van der Waals surface area contributed by atoms with Crippen LogP contribution >= 0.6 is 0 Å². The summed E-state index contributed by atoms with van der Waals surface area (Å²) >= 11 is 0. The standard InChI is InChI=1S/C15H31NO2/c1-4-13(5-2)16-10-14(17)11-18-15-8-6-7-12(3)9-15/h12-17H,4-11H2,1-3H3. The SMILES string of the molecule is CCC(CC)NCC(O)COC1CCCC(C)C1. The quantitative estimate of drug-likeness (QED) is 0.702. The van der Waals surface area contributed by atoms with Gasteiger partial charge in [0.15, 0.2) is 0 Å². The molecule has 1 aliphatic carbocycles. The Kier molecular flexibility index (Phi) is 7.87. The lowest BCUT2D eigenvalue weighted by atomic mass is 9.89. The Hall–Kier alpha value is -0.120. The summed E-state index contributed by atoms with van der Waals surface area (Å²) in [6, 6.07) is 0.523. The zero-order valence-electron chi connectivity index (χ0n) is 12.3. The monoisotopic (exact) mass is 257 g/mol. The largest absolute Gasteiger partial charge is 0.389 e. The number of ether oxygens (including phenoxy) is 1. The molecule has 1 rings (SSSR count). The average Bonchev–Trinajstić information content (AvgIpc) is 2.37. The van der Waals surface area contributed by atoms with Gasteiger partial charge in [-0.2, -0.15) is 0 Å². The summed E-state index contributed by atoms with van der Waals surface area (Å²) in [6.07, 6.45) is 7.16. The molecule has 3 atom stereocenters. The lowest BCUT2D eigenvalue weighted by Crippen LogP contribution is -2.38. The van der Waals surface area contributed by atoms with Crippen LogP contribution in [0.15, 0.2) is 0 Å². The van der Waals surface area contributed by atoms with Crippen molar-refractivity contribution in [2.24, 2.45) is 5.92 Å². The fourth-order valence-corrected chi connectivity index (χ4v) is 2.72. The molecular weight excluding hydrogens is 226 g/mol. The van der Waals surface area contributed by atoms with Gasteiger partial charge in [-0.05, 0) is 31.6 Å². The highest BCUT2D eigenvalue weighted by Gasteiger charge is 2.20. The van der Waals surface area contributed by atoms with Gasteiger partial charge in [0.1, 0.15) is 0 Å². The van der Waals surface area contributed by atoms with Crippen LogP contribution in [0.3, 0.4) is 0 Å². The molecule has 0 heterocycles. The highest BCUT2D eigenvalue weighted by molar-refractivity contribution is 4.72. The highest BCUT2D eigenvalue weighted by atomic mass is 16.5. The first-order valence-corrected chi connectivity index (χ1v) is 7.68. The molecule has 0 spiro atoms. The van der Waals surface area contributed by atoms with Crippen molar-refractivity contribution < 1.29 is 9.84 Å². The zero-order chi connectivity index (χ0) is 13.4. The van der Waals surface area contributed by atoms with Crippen molar-refractivity contribution in [1.82, 2.24) is 5.32 Å². The molecule has 0 aromatic heterocycles. The van der Waals surface area contributed by atoms with Crippen molar-refractivity contribution in [3.8, 4) is 0 Å². The Morgan fingerprint density at radius 1 is 1.28 bits per heavy atom. The summed E-state index contributed by atoms with van der Waals surface area (Å²) in [7, 11) is 0. The minimum absolute atomic E-state index is 0.372. The molecule has 0 aromatic rings. The van der Waals surface area contributed by atoms with Crippen molar-refractivity contribution in [3.05, 3.63) is 0 Å². The molecule has 1 aliphatic rings. The van der Waals surface area contributed by atoms with Crippen molar-refractivity contribution in [1.29, 1.82) is 0 Å². The van der Waals surface area contributed by atoms with Crippen LogP contribution in [-0.2, 0) is 4.74 Å². The van der Waals surface area contributed by atoms with Gasteiger partial charge in [0.05, 0.1) is 18.8 Å². The summed E-state index contributed by atoms with van der Waals surface area (Å²) in [5.41, 5.74) is 0. The van der Waals surface area contributed by atoms with Gasteiger partial charge in [-0.3, -0.25) is 0 Å². The first-order chi connectivity index (χ1) is 8.65. The van der Waals surface area contributed by atoms with Gasteiger partial charge in [-0.25, -0.2) is 0 Å². The maximum Gasteiger partial charge on any atom is 0.0897 e. The molecular formula is C15H31NO2. The first kappa shape index (κ1) is 15.9. The minimum Gasteiger partial charge on any atom is -0.389 e. The van der Waals surface area contributed by atoms with E-state index in [1.807, 2.05) is 0 Å². The van der Waals surface area contributed by atoms with E-state index in [0.717, 1.165) is 31.6 Å². The van der Waals surface area contributed by atoms with E-state index < -0.39 is 0 Å². The predicted molar refractivity (Wildman–Crippen MR) is 75.8 cm³/mol. The zero-order valence-corrected chi connectivity index (χ0v) is 12.3. The van der Waals surface area contributed by atoms with E-state index in [-0.39, 0.29) is 6.10 Å². The molecule has 0 amide bonds. The molecule has 0 radical (unpaired) electrons. The molecule has 0 bridgehead atoms. The van der Waals surface area contributed by atoms with E-state index in [1.165, 1.54) is 12.8 Å². The van der Waals surface area contributed by atoms with Crippen molar-refractivity contribution in [2.75, 3.05) is 13.2 Å². The van der Waals surface area contributed by atoms with Gasteiger partial charge in [0, 0.05) is 12.6 Å². The Balaban J connectivity index is 2.10. The van der Waals surface area contributed by atoms with Gasteiger partial charge in [-0.15, -0.1) is 0 Å². The lowest BCUT2D eigenvalue weighted by molar-refractivity contribution is -0.0312. The molecule has 1 fully saturated rings. The third-order valence-electron chi connectivity index (χ3n) is 4.04. The summed E-state index contributed by atoms with van der Waals surface area (Å²) in [6.45, 7) is 7.76. The van der Waals surface area contributed by atoms with E-state index in [0.29, 0.717) is 25.3 Å². The Morgan fingerprint density at radius 3 is 2.61 bits per heavy atom. The number of hydrogen-bond donors (Lipinski definition) is 2. The predicted octanol–water partition coefficient (Wildman–Crippen LogP) is 2.72. The number of aliphatic hydroxyl groups is 1.